The van der Waals surface area contributed by atoms with Crippen molar-refractivity contribution in [1.82, 2.24) is 0 Å². The summed E-state index contributed by atoms with van der Waals surface area (Å²) in [7, 11) is 0. The molecule has 0 amide bonds. The standard InChI is InChI=1S/C9H10BrClFN/c1-5(13)4-6-7(10)2-3-8(11)9(6)12/h2-3,5H,4,13H2,1H3. The average molecular weight is 267 g/mol. The second kappa shape index (κ2) is 4.40. The maximum absolute atomic E-state index is 13.4. The van der Waals surface area contributed by atoms with Crippen LogP contribution in [0.4, 0.5) is 4.39 Å². The largest absolute Gasteiger partial charge is 0.328 e. The van der Waals surface area contributed by atoms with Crippen LogP contribution >= 0.6 is 27.5 Å². The zero-order valence-corrected chi connectivity index (χ0v) is 9.49. The minimum Gasteiger partial charge on any atom is -0.328 e. The van der Waals surface area contributed by atoms with Gasteiger partial charge in [-0.1, -0.05) is 27.5 Å². The van der Waals surface area contributed by atoms with E-state index in [4.69, 9.17) is 17.3 Å². The molecule has 0 aliphatic heterocycles. The molecule has 0 bridgehead atoms. The fraction of sp³-hybridized carbons (Fsp3) is 0.333. The molecular weight excluding hydrogens is 256 g/mol. The third-order valence-electron chi connectivity index (χ3n) is 1.67. The fourth-order valence-electron chi connectivity index (χ4n) is 1.08. The first-order valence-corrected chi connectivity index (χ1v) is 5.07. The molecule has 1 nitrogen and oxygen atoms in total. The Hall–Kier alpha value is -0.120. The van der Waals surface area contributed by atoms with Gasteiger partial charge in [0, 0.05) is 16.1 Å². The predicted octanol–water partition coefficient (Wildman–Crippen LogP) is 3.13. The van der Waals surface area contributed by atoms with Crippen molar-refractivity contribution in [1.29, 1.82) is 0 Å². The normalized spacial score (nSPS) is 13.0. The lowest BCUT2D eigenvalue weighted by Crippen LogP contribution is -2.18. The third-order valence-corrected chi connectivity index (χ3v) is 2.70. The summed E-state index contributed by atoms with van der Waals surface area (Å²) >= 11 is 8.89. The van der Waals surface area contributed by atoms with Crippen LogP contribution in [-0.4, -0.2) is 6.04 Å². The van der Waals surface area contributed by atoms with Crippen LogP contribution < -0.4 is 5.73 Å². The Morgan fingerprint density at radius 1 is 1.62 bits per heavy atom. The minimum absolute atomic E-state index is 0.0794. The van der Waals surface area contributed by atoms with Gasteiger partial charge in [0.2, 0.25) is 0 Å². The fourth-order valence-corrected chi connectivity index (χ4v) is 1.72. The van der Waals surface area contributed by atoms with E-state index in [9.17, 15) is 4.39 Å². The minimum atomic E-state index is -0.381. The first kappa shape index (κ1) is 11.0. The van der Waals surface area contributed by atoms with Crippen LogP contribution in [0, 0.1) is 5.82 Å². The van der Waals surface area contributed by atoms with Crippen molar-refractivity contribution < 1.29 is 4.39 Å². The Labute approximate surface area is 90.2 Å². The lowest BCUT2D eigenvalue weighted by atomic mass is 10.1. The van der Waals surface area contributed by atoms with E-state index < -0.39 is 0 Å². The number of rotatable bonds is 2. The molecule has 0 spiro atoms. The average Bonchev–Trinajstić information content (AvgIpc) is 2.05. The number of hydrogen-bond acceptors (Lipinski definition) is 1. The van der Waals surface area contributed by atoms with Gasteiger partial charge in [0.15, 0.2) is 0 Å². The Morgan fingerprint density at radius 2 is 2.23 bits per heavy atom. The molecule has 0 saturated heterocycles. The van der Waals surface area contributed by atoms with Gasteiger partial charge in [0.05, 0.1) is 5.02 Å². The van der Waals surface area contributed by atoms with Crippen LogP contribution in [0.25, 0.3) is 0 Å². The van der Waals surface area contributed by atoms with Gasteiger partial charge in [-0.15, -0.1) is 0 Å². The van der Waals surface area contributed by atoms with Crippen molar-refractivity contribution in [3.05, 3.63) is 33.0 Å². The summed E-state index contributed by atoms with van der Waals surface area (Å²) in [5.74, 6) is -0.381. The summed E-state index contributed by atoms with van der Waals surface area (Å²) in [6.07, 6.45) is 0.479. The molecule has 72 valence electrons. The molecule has 0 radical (unpaired) electrons. The Balaban J connectivity index is 3.10. The van der Waals surface area contributed by atoms with Gasteiger partial charge in [-0.05, 0) is 25.5 Å². The molecule has 1 aromatic rings. The van der Waals surface area contributed by atoms with Crippen LogP contribution in [0.2, 0.25) is 5.02 Å². The maximum atomic E-state index is 13.4. The van der Waals surface area contributed by atoms with Gasteiger partial charge in [-0.2, -0.15) is 0 Å². The number of hydrogen-bond donors (Lipinski definition) is 1. The van der Waals surface area contributed by atoms with E-state index in [-0.39, 0.29) is 16.9 Å². The Morgan fingerprint density at radius 3 is 2.77 bits per heavy atom. The lowest BCUT2D eigenvalue weighted by molar-refractivity contribution is 0.594. The van der Waals surface area contributed by atoms with Gasteiger partial charge in [-0.3, -0.25) is 0 Å². The van der Waals surface area contributed by atoms with E-state index in [1.807, 2.05) is 6.92 Å². The summed E-state index contributed by atoms with van der Waals surface area (Å²) in [5.41, 5.74) is 6.13. The number of nitrogens with two attached hydrogens (primary N) is 1. The molecule has 1 rings (SSSR count). The van der Waals surface area contributed by atoms with Crippen molar-refractivity contribution >= 4 is 27.5 Å². The van der Waals surface area contributed by atoms with Crippen molar-refractivity contribution in [3.63, 3.8) is 0 Å². The van der Waals surface area contributed by atoms with Crippen molar-refractivity contribution in [2.45, 2.75) is 19.4 Å². The van der Waals surface area contributed by atoms with Crippen LogP contribution in [0.5, 0.6) is 0 Å². The summed E-state index contributed by atoms with van der Waals surface area (Å²) < 4.78 is 14.1. The second-order valence-electron chi connectivity index (χ2n) is 3.00. The topological polar surface area (TPSA) is 26.0 Å². The highest BCUT2D eigenvalue weighted by Crippen LogP contribution is 2.26. The summed E-state index contributed by atoms with van der Waals surface area (Å²) in [6, 6.07) is 3.17. The molecular formula is C9H10BrClFN. The highest BCUT2D eigenvalue weighted by molar-refractivity contribution is 9.10. The molecule has 0 aliphatic rings. The molecule has 1 aromatic carbocycles. The molecule has 1 atom stereocenters. The van der Waals surface area contributed by atoms with E-state index in [2.05, 4.69) is 15.9 Å². The molecule has 13 heavy (non-hydrogen) atoms. The quantitative estimate of drug-likeness (QED) is 0.818. The Kier molecular flexibility index (Phi) is 3.71. The van der Waals surface area contributed by atoms with Gasteiger partial charge in [-0.25, -0.2) is 4.39 Å². The number of halogens is 3. The van der Waals surface area contributed by atoms with E-state index in [1.165, 1.54) is 6.07 Å². The van der Waals surface area contributed by atoms with Gasteiger partial charge >= 0.3 is 0 Å². The second-order valence-corrected chi connectivity index (χ2v) is 4.26. The van der Waals surface area contributed by atoms with E-state index in [0.29, 0.717) is 16.5 Å². The van der Waals surface area contributed by atoms with Gasteiger partial charge in [0.1, 0.15) is 5.82 Å². The Bertz CT molecular complexity index is 315. The highest BCUT2D eigenvalue weighted by atomic mass is 79.9. The van der Waals surface area contributed by atoms with Gasteiger partial charge in [0.25, 0.3) is 0 Å². The molecule has 2 N–H and O–H groups in total. The lowest BCUT2D eigenvalue weighted by Gasteiger charge is -2.09. The molecule has 0 heterocycles. The molecule has 0 aromatic heterocycles. The monoisotopic (exact) mass is 265 g/mol. The maximum Gasteiger partial charge on any atom is 0.146 e. The van der Waals surface area contributed by atoms with Crippen molar-refractivity contribution in [3.8, 4) is 0 Å². The van der Waals surface area contributed by atoms with Crippen LogP contribution in [0.1, 0.15) is 12.5 Å². The SMILES string of the molecule is CC(N)Cc1c(Br)ccc(Cl)c1F. The van der Waals surface area contributed by atoms with E-state index >= 15 is 0 Å². The summed E-state index contributed by atoms with van der Waals surface area (Å²) in [6.45, 7) is 1.83. The summed E-state index contributed by atoms with van der Waals surface area (Å²) in [5, 5.41) is 0.138. The molecule has 0 fully saturated rings. The molecule has 0 saturated carbocycles. The highest BCUT2D eigenvalue weighted by Gasteiger charge is 2.11. The van der Waals surface area contributed by atoms with Crippen LogP contribution in [0.3, 0.4) is 0 Å². The van der Waals surface area contributed by atoms with E-state index in [0.717, 1.165) is 0 Å². The number of benzene rings is 1. The van der Waals surface area contributed by atoms with Gasteiger partial charge < -0.3 is 5.73 Å². The molecule has 0 aliphatic carbocycles. The van der Waals surface area contributed by atoms with Crippen LogP contribution in [0.15, 0.2) is 16.6 Å². The van der Waals surface area contributed by atoms with E-state index in [1.54, 1.807) is 6.07 Å². The van der Waals surface area contributed by atoms with Crippen molar-refractivity contribution in [2.24, 2.45) is 5.73 Å². The zero-order valence-electron chi connectivity index (χ0n) is 7.15. The predicted molar refractivity (Wildman–Crippen MR) is 56.5 cm³/mol. The van der Waals surface area contributed by atoms with Crippen LogP contribution in [-0.2, 0) is 6.42 Å². The van der Waals surface area contributed by atoms with Crippen molar-refractivity contribution in [2.75, 3.05) is 0 Å². The summed E-state index contributed by atoms with van der Waals surface area (Å²) in [4.78, 5) is 0. The zero-order chi connectivity index (χ0) is 10.0. The third kappa shape index (κ3) is 2.66. The molecule has 1 unspecified atom stereocenters. The first-order valence-electron chi connectivity index (χ1n) is 3.90. The first-order chi connectivity index (χ1) is 6.02. The molecule has 4 heteroatoms. The smallest absolute Gasteiger partial charge is 0.146 e.